The molecule has 22 heteroatoms. The van der Waals surface area contributed by atoms with Crippen LogP contribution in [0.1, 0.15) is 6.23 Å². The van der Waals surface area contributed by atoms with Crippen molar-refractivity contribution in [2.75, 3.05) is 12.3 Å². The Morgan fingerprint density at radius 3 is 2.41 bits per heavy atom. The minimum Gasteiger partial charge on any atom is -0.790 e. The van der Waals surface area contributed by atoms with Gasteiger partial charge in [-0.05, 0) is 11.6 Å². The second kappa shape index (κ2) is 8.94. The zero-order valence-corrected chi connectivity index (χ0v) is 18.5. The number of aromatic nitrogens is 4. The average molecular weight is 538 g/mol. The lowest BCUT2D eigenvalue weighted by Crippen LogP contribution is -2.34. The number of phosphoric acid groups is 3. The second-order valence-electron chi connectivity index (χ2n) is 6.05. The molecule has 6 atom stereocenters. The van der Waals surface area contributed by atoms with Crippen LogP contribution in [0.3, 0.4) is 0 Å². The maximum Gasteiger partial charge on any atom is 0.278 e. The van der Waals surface area contributed by atoms with Gasteiger partial charge < -0.3 is 49.3 Å². The molecule has 4 N–H and O–H groups in total. The molecule has 18 nitrogen and oxygen atoms in total. The largest absolute Gasteiger partial charge is 0.790 e. The molecule has 3 heterocycles. The van der Waals surface area contributed by atoms with Crippen LogP contribution < -0.4 is 25.3 Å². The van der Waals surface area contributed by atoms with Gasteiger partial charge in [-0.25, -0.2) is 9.29 Å². The Morgan fingerprint density at radius 2 is 1.78 bits per heavy atom. The van der Waals surface area contributed by atoms with Crippen LogP contribution in [0, 0.1) is 0 Å². The number of rotatable bonds is 8. The SMILES string of the molecule is Nc1nc(Cl)nc2c1ncn2[C@@H]1O[C@H](COP(=O)([O-])OP(=O)([O-])OP(=O)([O-])[O-])[C@H](O)C1O. The highest BCUT2D eigenvalue weighted by atomic mass is 35.5. The molecule has 0 spiro atoms. The Hall–Kier alpha value is -1.07. The molecule has 0 aromatic carbocycles. The van der Waals surface area contributed by atoms with Gasteiger partial charge in [0, 0.05) is 0 Å². The summed E-state index contributed by atoms with van der Waals surface area (Å²) < 4.78 is 50.2. The van der Waals surface area contributed by atoms with E-state index in [1.807, 2.05) is 0 Å². The highest BCUT2D eigenvalue weighted by Gasteiger charge is 2.45. The van der Waals surface area contributed by atoms with Crippen molar-refractivity contribution in [2.24, 2.45) is 0 Å². The number of ether oxygens (including phenoxy) is 1. The van der Waals surface area contributed by atoms with E-state index < -0.39 is 54.6 Å². The molecule has 3 unspecified atom stereocenters. The number of fused-ring (bicyclic) bond motifs is 1. The summed E-state index contributed by atoms with van der Waals surface area (Å²) in [7, 11) is -18.1. The van der Waals surface area contributed by atoms with Crippen LogP contribution >= 0.6 is 35.1 Å². The number of hydrogen-bond acceptors (Lipinski definition) is 17. The van der Waals surface area contributed by atoms with Crippen LogP contribution in [0.2, 0.25) is 5.28 Å². The Kier molecular flexibility index (Phi) is 7.14. The van der Waals surface area contributed by atoms with Crippen molar-refractivity contribution in [1.82, 2.24) is 19.5 Å². The molecule has 2 aromatic rings. The van der Waals surface area contributed by atoms with Crippen LogP contribution in [0.5, 0.6) is 0 Å². The van der Waals surface area contributed by atoms with Crippen molar-refractivity contribution < 1.29 is 61.4 Å². The topological polar surface area (TPSA) is 290 Å². The average Bonchev–Trinajstić information content (AvgIpc) is 3.12. The monoisotopic (exact) mass is 537 g/mol. The summed E-state index contributed by atoms with van der Waals surface area (Å²) in [5.74, 6) is -0.0962. The lowest BCUT2D eigenvalue weighted by Gasteiger charge is -2.37. The first-order valence-corrected chi connectivity index (χ1v) is 12.7. The van der Waals surface area contributed by atoms with Gasteiger partial charge in [-0.3, -0.25) is 18.0 Å². The van der Waals surface area contributed by atoms with Crippen molar-refractivity contribution >= 4 is 52.1 Å². The molecular weight excluding hydrogens is 527 g/mol. The van der Waals surface area contributed by atoms with Gasteiger partial charge in [0.25, 0.3) is 15.6 Å². The highest BCUT2D eigenvalue weighted by molar-refractivity contribution is 7.64. The Labute approximate surface area is 182 Å². The molecule has 0 aliphatic carbocycles. The molecule has 1 aliphatic rings. The molecule has 3 rings (SSSR count). The van der Waals surface area contributed by atoms with Gasteiger partial charge in [-0.2, -0.15) is 9.97 Å². The Morgan fingerprint density at radius 1 is 1.12 bits per heavy atom. The minimum atomic E-state index is -6.16. The zero-order chi connectivity index (χ0) is 24.1. The van der Waals surface area contributed by atoms with Gasteiger partial charge in [0.15, 0.2) is 17.7 Å². The quantitative estimate of drug-likeness (QED) is 0.217. The van der Waals surface area contributed by atoms with Crippen molar-refractivity contribution in [3.8, 4) is 0 Å². The van der Waals surface area contributed by atoms with Crippen LogP contribution in [0.25, 0.3) is 11.2 Å². The highest BCUT2D eigenvalue weighted by Crippen LogP contribution is 2.60. The Bertz CT molecular complexity index is 1160. The van der Waals surface area contributed by atoms with E-state index in [0.717, 1.165) is 10.9 Å². The predicted molar refractivity (Wildman–Crippen MR) is 91.6 cm³/mol. The fraction of sp³-hybridized carbons (Fsp3) is 0.500. The van der Waals surface area contributed by atoms with Crippen molar-refractivity contribution in [3.05, 3.63) is 11.6 Å². The van der Waals surface area contributed by atoms with Gasteiger partial charge in [0.1, 0.15) is 23.8 Å². The molecule has 0 amide bonds. The van der Waals surface area contributed by atoms with E-state index in [4.69, 9.17) is 22.1 Å². The van der Waals surface area contributed by atoms with Gasteiger partial charge in [-0.15, -0.1) is 0 Å². The second-order valence-corrected chi connectivity index (χ2v) is 10.6. The normalized spacial score (nSPS) is 28.0. The van der Waals surface area contributed by atoms with Gasteiger partial charge in [0.2, 0.25) is 5.28 Å². The smallest absolute Gasteiger partial charge is 0.278 e. The maximum absolute atomic E-state index is 11.6. The van der Waals surface area contributed by atoms with Crippen molar-refractivity contribution in [3.63, 3.8) is 0 Å². The van der Waals surface area contributed by atoms with Gasteiger partial charge in [0.05, 0.1) is 20.8 Å². The predicted octanol–water partition coefficient (Wildman–Crippen LogP) is -3.50. The molecule has 32 heavy (non-hydrogen) atoms. The molecule has 1 fully saturated rings. The van der Waals surface area contributed by atoms with E-state index in [9.17, 15) is 43.5 Å². The van der Waals surface area contributed by atoms with Gasteiger partial charge >= 0.3 is 0 Å². The standard InChI is InChI=1S/C10H15ClN5O13P3/c11-10-14-7(12)4-8(15-10)16(2-13-4)9-6(18)5(17)3(27-9)1-26-31(22,23)29-32(24,25)28-30(19,20)21/h2-3,5-6,9,17-18H,1H2,(H,22,23)(H,24,25)(H2,12,14,15)(H2,19,20,21)/p-4/t3-,5+,6?,9-/m1/s1. The third kappa shape index (κ3) is 5.88. The number of nitrogen functional groups attached to an aromatic ring is 1. The van der Waals surface area contributed by atoms with Gasteiger partial charge in [-0.1, -0.05) is 0 Å². The van der Waals surface area contributed by atoms with Crippen LogP contribution in [0.4, 0.5) is 5.82 Å². The Balaban J connectivity index is 1.72. The van der Waals surface area contributed by atoms with E-state index in [0.29, 0.717) is 0 Å². The number of aliphatic hydroxyl groups is 2. The molecule has 1 saturated heterocycles. The summed E-state index contributed by atoms with van der Waals surface area (Å²) in [6, 6.07) is 0. The first kappa shape index (κ1) is 25.6. The van der Waals surface area contributed by atoms with E-state index in [2.05, 4.69) is 28.1 Å². The summed E-state index contributed by atoms with van der Waals surface area (Å²) in [6.07, 6.45) is -5.33. The summed E-state index contributed by atoms with van der Waals surface area (Å²) in [5, 5.41) is 20.1. The molecule has 0 radical (unpaired) electrons. The van der Waals surface area contributed by atoms with E-state index in [1.54, 1.807) is 0 Å². The summed E-state index contributed by atoms with van der Waals surface area (Å²) in [4.78, 5) is 54.9. The number of halogens is 1. The number of nitrogens with zero attached hydrogens (tertiary/aromatic N) is 4. The van der Waals surface area contributed by atoms with Crippen LogP contribution in [0.15, 0.2) is 6.33 Å². The first-order valence-electron chi connectivity index (χ1n) is 7.97. The van der Waals surface area contributed by atoms with Crippen molar-refractivity contribution in [1.29, 1.82) is 0 Å². The number of anilines is 1. The van der Waals surface area contributed by atoms with E-state index >= 15 is 0 Å². The summed E-state index contributed by atoms with van der Waals surface area (Å²) in [5.41, 5.74) is 5.75. The molecular formula is C10H11ClN5O13P3-4. The molecule has 1 aliphatic heterocycles. The van der Waals surface area contributed by atoms with E-state index in [1.165, 1.54) is 0 Å². The number of nitrogens with two attached hydrogens (primary N) is 1. The fourth-order valence-corrected chi connectivity index (χ4v) is 5.68. The minimum absolute atomic E-state index is 0.00208. The van der Waals surface area contributed by atoms with Crippen LogP contribution in [-0.4, -0.2) is 54.7 Å². The number of aliphatic hydroxyl groups excluding tert-OH is 2. The summed E-state index contributed by atoms with van der Waals surface area (Å²) in [6.45, 7) is -1.10. The number of hydrogen-bond donors (Lipinski definition) is 3. The number of imidazole rings is 1. The third-order valence-electron chi connectivity index (χ3n) is 3.83. The van der Waals surface area contributed by atoms with Crippen molar-refractivity contribution in [2.45, 2.75) is 24.5 Å². The molecule has 2 aromatic heterocycles. The molecule has 0 saturated carbocycles. The third-order valence-corrected chi connectivity index (χ3v) is 7.66. The van der Waals surface area contributed by atoms with Crippen LogP contribution in [-0.2, 0) is 31.6 Å². The molecule has 0 bridgehead atoms. The number of phosphoric ester groups is 1. The first-order chi connectivity index (χ1) is 14.6. The lowest BCUT2D eigenvalue weighted by atomic mass is 10.1. The molecule has 180 valence electrons. The van der Waals surface area contributed by atoms with E-state index in [-0.39, 0.29) is 22.3 Å². The zero-order valence-electron chi connectivity index (χ0n) is 15.1. The maximum atomic E-state index is 11.6. The lowest BCUT2D eigenvalue weighted by molar-refractivity contribution is -0.339. The summed E-state index contributed by atoms with van der Waals surface area (Å²) >= 11 is 5.73. The fourth-order valence-electron chi connectivity index (χ4n) is 2.64.